The molecular weight excluding hydrogens is 232 g/mol. The molecule has 1 heterocycles. The maximum atomic E-state index is 11.8. The van der Waals surface area contributed by atoms with Crippen LogP contribution in [-0.2, 0) is 16.1 Å². The summed E-state index contributed by atoms with van der Waals surface area (Å²) in [5, 5.41) is 0. The Morgan fingerprint density at radius 2 is 2.28 bits per heavy atom. The van der Waals surface area contributed by atoms with E-state index in [9.17, 15) is 9.59 Å². The lowest BCUT2D eigenvalue weighted by atomic mass is 10.1. The van der Waals surface area contributed by atoms with Gasteiger partial charge in [-0.25, -0.2) is 0 Å². The minimum absolute atomic E-state index is 0.0207. The number of amides is 1. The van der Waals surface area contributed by atoms with E-state index in [0.29, 0.717) is 30.9 Å². The van der Waals surface area contributed by atoms with Crippen molar-refractivity contribution in [1.82, 2.24) is 0 Å². The number of Topliss-reactive ketones (excluding diaryl/α,β-unsaturated/α-hetero) is 1. The number of nitrogens with zero attached hydrogens (tertiary/aromatic N) is 1. The van der Waals surface area contributed by atoms with Gasteiger partial charge in [0.25, 0.3) is 5.91 Å². The molecule has 96 valence electrons. The summed E-state index contributed by atoms with van der Waals surface area (Å²) in [5.74, 6) is 0.596. The van der Waals surface area contributed by atoms with Crippen molar-refractivity contribution in [2.45, 2.75) is 19.9 Å². The lowest BCUT2D eigenvalue weighted by molar-refractivity contribution is -0.121. The normalized spacial score (nSPS) is 14.1. The average Bonchev–Trinajstić information content (AvgIpc) is 2.36. The maximum Gasteiger partial charge on any atom is 0.265 e. The van der Waals surface area contributed by atoms with E-state index in [1.807, 2.05) is 18.2 Å². The number of benzene rings is 1. The predicted molar refractivity (Wildman–Crippen MR) is 67.5 cm³/mol. The summed E-state index contributed by atoms with van der Waals surface area (Å²) in [6.45, 7) is 2.33. The summed E-state index contributed by atoms with van der Waals surface area (Å²) in [6.07, 6.45) is 0.345. The number of carbonyl (C=O) groups is 2. The van der Waals surface area contributed by atoms with Crippen LogP contribution in [0.3, 0.4) is 0 Å². The summed E-state index contributed by atoms with van der Waals surface area (Å²) < 4.78 is 5.36. The third-order valence-corrected chi connectivity index (χ3v) is 2.89. The summed E-state index contributed by atoms with van der Waals surface area (Å²) in [5.41, 5.74) is 7.22. The monoisotopic (exact) mass is 248 g/mol. The number of anilines is 1. The van der Waals surface area contributed by atoms with Crippen LogP contribution in [-0.4, -0.2) is 24.8 Å². The summed E-state index contributed by atoms with van der Waals surface area (Å²) in [6, 6.07) is 5.52. The van der Waals surface area contributed by atoms with Gasteiger partial charge in [0.15, 0.2) is 6.61 Å². The average molecular weight is 248 g/mol. The first kappa shape index (κ1) is 12.6. The predicted octanol–water partition coefficient (Wildman–Crippen LogP) is 0.850. The van der Waals surface area contributed by atoms with E-state index in [2.05, 4.69) is 0 Å². The smallest absolute Gasteiger partial charge is 0.265 e. The Balaban J connectivity index is 2.29. The molecule has 0 unspecified atom stereocenters. The van der Waals surface area contributed by atoms with Gasteiger partial charge in [-0.05, 0) is 24.6 Å². The van der Waals surface area contributed by atoms with Crippen LogP contribution in [0, 0.1) is 0 Å². The fourth-order valence-corrected chi connectivity index (χ4v) is 1.89. The van der Waals surface area contributed by atoms with Crippen LogP contribution >= 0.6 is 0 Å². The van der Waals surface area contributed by atoms with Crippen molar-refractivity contribution < 1.29 is 14.3 Å². The van der Waals surface area contributed by atoms with Gasteiger partial charge in [-0.1, -0.05) is 6.07 Å². The van der Waals surface area contributed by atoms with Gasteiger partial charge in [-0.3, -0.25) is 9.59 Å². The van der Waals surface area contributed by atoms with Crippen molar-refractivity contribution in [3.63, 3.8) is 0 Å². The van der Waals surface area contributed by atoms with E-state index in [0.717, 1.165) is 5.56 Å². The molecule has 0 aliphatic carbocycles. The first-order valence-electron chi connectivity index (χ1n) is 5.87. The SMILES string of the molecule is CC(=O)CCN1C(=O)COc2ccc(CN)cc21. The quantitative estimate of drug-likeness (QED) is 0.857. The zero-order valence-electron chi connectivity index (χ0n) is 10.3. The van der Waals surface area contributed by atoms with Crippen LogP contribution in [0.2, 0.25) is 0 Å². The molecule has 0 atom stereocenters. The Morgan fingerprint density at radius 1 is 1.50 bits per heavy atom. The Hall–Kier alpha value is -1.88. The highest BCUT2D eigenvalue weighted by Crippen LogP contribution is 2.32. The van der Waals surface area contributed by atoms with Crippen molar-refractivity contribution in [2.75, 3.05) is 18.1 Å². The number of rotatable bonds is 4. The minimum atomic E-state index is -0.127. The van der Waals surface area contributed by atoms with Crippen molar-refractivity contribution in [3.05, 3.63) is 23.8 Å². The summed E-state index contributed by atoms with van der Waals surface area (Å²) in [7, 11) is 0. The molecule has 1 aliphatic heterocycles. The van der Waals surface area contributed by atoms with Gasteiger partial charge in [-0.15, -0.1) is 0 Å². The molecule has 0 bridgehead atoms. The second-order valence-electron chi connectivity index (χ2n) is 4.29. The van der Waals surface area contributed by atoms with Gasteiger partial charge in [0.1, 0.15) is 11.5 Å². The molecule has 1 aromatic rings. The van der Waals surface area contributed by atoms with Crippen LogP contribution in [0.25, 0.3) is 0 Å². The standard InChI is InChI=1S/C13H16N2O3/c1-9(16)4-5-15-11-6-10(7-14)2-3-12(11)18-8-13(15)17/h2-3,6H,4-5,7-8,14H2,1H3. The molecule has 18 heavy (non-hydrogen) atoms. The second kappa shape index (κ2) is 5.18. The molecule has 0 saturated heterocycles. The number of hydrogen-bond donors (Lipinski definition) is 1. The maximum absolute atomic E-state index is 11.8. The Kier molecular flexibility index (Phi) is 3.62. The number of fused-ring (bicyclic) bond motifs is 1. The highest BCUT2D eigenvalue weighted by molar-refractivity contribution is 5.98. The van der Waals surface area contributed by atoms with Crippen molar-refractivity contribution in [3.8, 4) is 5.75 Å². The first-order chi connectivity index (χ1) is 8.61. The van der Waals surface area contributed by atoms with Crippen LogP contribution in [0.4, 0.5) is 5.69 Å². The zero-order valence-corrected chi connectivity index (χ0v) is 10.3. The van der Waals surface area contributed by atoms with E-state index >= 15 is 0 Å². The molecule has 5 heteroatoms. The molecule has 5 nitrogen and oxygen atoms in total. The lowest BCUT2D eigenvalue weighted by Gasteiger charge is -2.29. The highest BCUT2D eigenvalue weighted by atomic mass is 16.5. The summed E-state index contributed by atoms with van der Waals surface area (Å²) >= 11 is 0. The largest absolute Gasteiger partial charge is 0.482 e. The topological polar surface area (TPSA) is 72.6 Å². The van der Waals surface area contributed by atoms with E-state index in [4.69, 9.17) is 10.5 Å². The zero-order chi connectivity index (χ0) is 13.1. The van der Waals surface area contributed by atoms with Gasteiger partial charge in [0.2, 0.25) is 0 Å². The molecule has 0 spiro atoms. The minimum Gasteiger partial charge on any atom is -0.482 e. The Labute approximate surface area is 106 Å². The van der Waals surface area contributed by atoms with E-state index < -0.39 is 0 Å². The molecular formula is C13H16N2O3. The number of ether oxygens (including phenoxy) is 1. The van der Waals surface area contributed by atoms with Gasteiger partial charge < -0.3 is 15.4 Å². The summed E-state index contributed by atoms with van der Waals surface area (Å²) in [4.78, 5) is 24.5. The fraction of sp³-hybridized carbons (Fsp3) is 0.385. The van der Waals surface area contributed by atoms with Crippen molar-refractivity contribution in [1.29, 1.82) is 0 Å². The molecule has 2 N–H and O–H groups in total. The highest BCUT2D eigenvalue weighted by Gasteiger charge is 2.25. The van der Waals surface area contributed by atoms with Crippen LogP contribution in [0.5, 0.6) is 5.75 Å². The van der Waals surface area contributed by atoms with Crippen LogP contribution in [0.15, 0.2) is 18.2 Å². The fourth-order valence-electron chi connectivity index (χ4n) is 1.89. The molecule has 0 fully saturated rings. The molecule has 0 aromatic heterocycles. The molecule has 1 aromatic carbocycles. The van der Waals surface area contributed by atoms with Crippen LogP contribution in [0.1, 0.15) is 18.9 Å². The van der Waals surface area contributed by atoms with Crippen molar-refractivity contribution in [2.24, 2.45) is 5.73 Å². The molecule has 1 amide bonds. The Bertz CT molecular complexity index is 485. The molecule has 1 aliphatic rings. The van der Waals surface area contributed by atoms with Crippen LogP contribution < -0.4 is 15.4 Å². The number of nitrogens with two attached hydrogens (primary N) is 1. The molecule has 0 radical (unpaired) electrons. The van der Waals surface area contributed by atoms with E-state index in [1.54, 1.807) is 4.90 Å². The van der Waals surface area contributed by atoms with Gasteiger partial charge in [-0.2, -0.15) is 0 Å². The third kappa shape index (κ3) is 2.51. The van der Waals surface area contributed by atoms with Gasteiger partial charge in [0.05, 0.1) is 5.69 Å². The number of ketones is 1. The third-order valence-electron chi connectivity index (χ3n) is 2.89. The second-order valence-corrected chi connectivity index (χ2v) is 4.29. The van der Waals surface area contributed by atoms with E-state index in [1.165, 1.54) is 6.92 Å². The lowest BCUT2D eigenvalue weighted by Crippen LogP contribution is -2.40. The van der Waals surface area contributed by atoms with Gasteiger partial charge >= 0.3 is 0 Å². The molecule has 0 saturated carbocycles. The Morgan fingerprint density at radius 3 is 2.94 bits per heavy atom. The number of carbonyl (C=O) groups excluding carboxylic acids is 2. The van der Waals surface area contributed by atoms with E-state index in [-0.39, 0.29) is 18.3 Å². The first-order valence-corrected chi connectivity index (χ1v) is 5.87. The van der Waals surface area contributed by atoms with Crippen molar-refractivity contribution >= 4 is 17.4 Å². The number of hydrogen-bond acceptors (Lipinski definition) is 4. The molecule has 2 rings (SSSR count). The van der Waals surface area contributed by atoms with Gasteiger partial charge in [0, 0.05) is 19.5 Å².